The number of hydrogen-bond acceptors (Lipinski definition) is 3. The summed E-state index contributed by atoms with van der Waals surface area (Å²) in [6.07, 6.45) is 4.64. The Morgan fingerprint density at radius 1 is 1.54 bits per heavy atom. The Hall–Kier alpha value is -0.570. The first-order valence-electron chi connectivity index (χ1n) is 5.09. The highest BCUT2D eigenvalue weighted by molar-refractivity contribution is 5.78. The van der Waals surface area contributed by atoms with Gasteiger partial charge < -0.3 is 10.1 Å². The lowest BCUT2D eigenvalue weighted by Crippen LogP contribution is -2.41. The molecular formula is C10H17NO2. The maximum absolute atomic E-state index is 11.7. The Kier molecular flexibility index (Phi) is 2.28. The summed E-state index contributed by atoms with van der Waals surface area (Å²) >= 11 is 0. The maximum Gasteiger partial charge on any atom is 0.313 e. The molecule has 0 spiro atoms. The zero-order valence-electron chi connectivity index (χ0n) is 8.14. The predicted molar refractivity (Wildman–Crippen MR) is 49.3 cm³/mol. The molecule has 1 heterocycles. The van der Waals surface area contributed by atoms with Crippen molar-refractivity contribution in [3.8, 4) is 0 Å². The molecule has 0 aromatic carbocycles. The van der Waals surface area contributed by atoms with Crippen LogP contribution in [-0.2, 0) is 9.53 Å². The van der Waals surface area contributed by atoms with E-state index < -0.39 is 0 Å². The lowest BCUT2D eigenvalue weighted by Gasteiger charge is -2.35. The Labute approximate surface area is 78.8 Å². The lowest BCUT2D eigenvalue weighted by molar-refractivity contribution is -0.156. The van der Waals surface area contributed by atoms with Crippen LogP contribution in [0.3, 0.4) is 0 Å². The highest BCUT2D eigenvalue weighted by Crippen LogP contribution is 2.44. The second-order valence-electron chi connectivity index (χ2n) is 4.22. The lowest BCUT2D eigenvalue weighted by atomic mass is 9.68. The maximum atomic E-state index is 11.7. The van der Waals surface area contributed by atoms with Crippen molar-refractivity contribution in [1.82, 2.24) is 5.32 Å². The van der Waals surface area contributed by atoms with Crippen LogP contribution in [0.2, 0.25) is 0 Å². The SMILES string of the molecule is COC(=O)[C@@]12CCCC[C@H]1CNC2. The van der Waals surface area contributed by atoms with Crippen molar-refractivity contribution in [1.29, 1.82) is 0 Å². The van der Waals surface area contributed by atoms with Crippen LogP contribution in [0.4, 0.5) is 0 Å². The van der Waals surface area contributed by atoms with Crippen LogP contribution in [0.25, 0.3) is 0 Å². The van der Waals surface area contributed by atoms with Gasteiger partial charge in [-0.15, -0.1) is 0 Å². The van der Waals surface area contributed by atoms with E-state index in [1.165, 1.54) is 26.4 Å². The van der Waals surface area contributed by atoms with Gasteiger partial charge in [-0.2, -0.15) is 0 Å². The molecule has 1 saturated heterocycles. The Morgan fingerprint density at radius 2 is 2.38 bits per heavy atom. The van der Waals surface area contributed by atoms with E-state index in [-0.39, 0.29) is 11.4 Å². The second-order valence-corrected chi connectivity index (χ2v) is 4.22. The summed E-state index contributed by atoms with van der Waals surface area (Å²) in [7, 11) is 1.50. The average molecular weight is 183 g/mol. The molecule has 1 aliphatic carbocycles. The molecule has 1 saturated carbocycles. The van der Waals surface area contributed by atoms with Crippen LogP contribution in [0.5, 0.6) is 0 Å². The number of ether oxygens (including phenoxy) is 1. The van der Waals surface area contributed by atoms with E-state index in [9.17, 15) is 4.79 Å². The fourth-order valence-corrected chi connectivity index (χ4v) is 2.86. The Bertz CT molecular complexity index is 217. The van der Waals surface area contributed by atoms with E-state index in [1.807, 2.05) is 0 Å². The first kappa shape index (κ1) is 9.00. The average Bonchev–Trinajstić information content (AvgIpc) is 2.61. The van der Waals surface area contributed by atoms with Crippen molar-refractivity contribution in [2.24, 2.45) is 11.3 Å². The Morgan fingerprint density at radius 3 is 3.15 bits per heavy atom. The van der Waals surface area contributed by atoms with E-state index in [2.05, 4.69) is 5.32 Å². The van der Waals surface area contributed by atoms with Crippen LogP contribution in [0, 0.1) is 11.3 Å². The summed E-state index contributed by atoms with van der Waals surface area (Å²) < 4.78 is 4.92. The topological polar surface area (TPSA) is 38.3 Å². The number of carbonyl (C=O) groups excluding carboxylic acids is 1. The monoisotopic (exact) mass is 183 g/mol. The largest absolute Gasteiger partial charge is 0.469 e. The third-order valence-electron chi connectivity index (χ3n) is 3.63. The van der Waals surface area contributed by atoms with Gasteiger partial charge in [0, 0.05) is 6.54 Å². The molecule has 1 aliphatic heterocycles. The molecule has 2 fully saturated rings. The van der Waals surface area contributed by atoms with Gasteiger partial charge in [-0.1, -0.05) is 12.8 Å². The first-order chi connectivity index (χ1) is 6.29. The summed E-state index contributed by atoms with van der Waals surface area (Å²) in [5.41, 5.74) is -0.174. The molecule has 0 bridgehead atoms. The van der Waals surface area contributed by atoms with Crippen molar-refractivity contribution < 1.29 is 9.53 Å². The minimum atomic E-state index is -0.174. The van der Waals surface area contributed by atoms with E-state index in [0.29, 0.717) is 5.92 Å². The van der Waals surface area contributed by atoms with Crippen LogP contribution >= 0.6 is 0 Å². The number of esters is 1. The molecule has 3 heteroatoms. The van der Waals surface area contributed by atoms with Gasteiger partial charge in [-0.3, -0.25) is 4.79 Å². The zero-order valence-corrected chi connectivity index (χ0v) is 8.14. The number of fused-ring (bicyclic) bond motifs is 1. The molecule has 0 amide bonds. The molecule has 3 nitrogen and oxygen atoms in total. The third-order valence-corrected chi connectivity index (χ3v) is 3.63. The van der Waals surface area contributed by atoms with E-state index >= 15 is 0 Å². The summed E-state index contributed by atoms with van der Waals surface area (Å²) in [5.74, 6) is 0.524. The standard InChI is InChI=1S/C10H17NO2/c1-13-9(12)10-5-3-2-4-8(10)6-11-7-10/h8,11H,2-7H2,1H3/t8-,10+/m0/s1. The second kappa shape index (κ2) is 3.29. The van der Waals surface area contributed by atoms with Crippen LogP contribution in [0.15, 0.2) is 0 Å². The summed E-state index contributed by atoms with van der Waals surface area (Å²) in [4.78, 5) is 11.7. The van der Waals surface area contributed by atoms with Crippen molar-refractivity contribution >= 4 is 5.97 Å². The number of rotatable bonds is 1. The fourth-order valence-electron chi connectivity index (χ4n) is 2.86. The zero-order chi connectivity index (χ0) is 9.31. The van der Waals surface area contributed by atoms with Gasteiger partial charge in [0.15, 0.2) is 0 Å². The highest BCUT2D eigenvalue weighted by Gasteiger charge is 2.50. The van der Waals surface area contributed by atoms with Gasteiger partial charge in [-0.05, 0) is 25.3 Å². The van der Waals surface area contributed by atoms with Gasteiger partial charge in [0.05, 0.1) is 12.5 Å². The minimum absolute atomic E-state index is 0.00204. The van der Waals surface area contributed by atoms with E-state index in [4.69, 9.17) is 4.74 Å². The van der Waals surface area contributed by atoms with Gasteiger partial charge in [0.1, 0.15) is 0 Å². The fraction of sp³-hybridized carbons (Fsp3) is 0.900. The Balaban J connectivity index is 2.20. The number of methoxy groups -OCH3 is 1. The van der Waals surface area contributed by atoms with Crippen LogP contribution in [0.1, 0.15) is 25.7 Å². The minimum Gasteiger partial charge on any atom is -0.469 e. The smallest absolute Gasteiger partial charge is 0.313 e. The van der Waals surface area contributed by atoms with Crippen LogP contribution < -0.4 is 5.32 Å². The molecule has 2 atom stereocenters. The normalized spacial score (nSPS) is 38.4. The quantitative estimate of drug-likeness (QED) is 0.615. The molecule has 74 valence electrons. The molecule has 2 rings (SSSR count). The van der Waals surface area contributed by atoms with Gasteiger partial charge >= 0.3 is 5.97 Å². The summed E-state index contributed by atoms with van der Waals surface area (Å²) in [6, 6.07) is 0. The molecule has 13 heavy (non-hydrogen) atoms. The van der Waals surface area contributed by atoms with Crippen LogP contribution in [-0.4, -0.2) is 26.2 Å². The van der Waals surface area contributed by atoms with Gasteiger partial charge in [0.25, 0.3) is 0 Å². The van der Waals surface area contributed by atoms with E-state index in [0.717, 1.165) is 19.5 Å². The predicted octanol–water partition coefficient (Wildman–Crippen LogP) is 0.939. The number of hydrogen-bond donors (Lipinski definition) is 1. The number of nitrogens with one attached hydrogen (secondary N) is 1. The first-order valence-corrected chi connectivity index (χ1v) is 5.09. The summed E-state index contributed by atoms with van der Waals surface area (Å²) in [5, 5.41) is 3.32. The molecule has 0 aromatic heterocycles. The summed E-state index contributed by atoms with van der Waals surface area (Å²) in [6.45, 7) is 1.82. The third kappa shape index (κ3) is 1.26. The molecule has 1 N–H and O–H groups in total. The number of carbonyl (C=O) groups is 1. The molecule has 2 aliphatic rings. The molecular weight excluding hydrogens is 166 g/mol. The van der Waals surface area contributed by atoms with Crippen molar-refractivity contribution in [2.45, 2.75) is 25.7 Å². The highest BCUT2D eigenvalue weighted by atomic mass is 16.5. The van der Waals surface area contributed by atoms with E-state index in [1.54, 1.807) is 0 Å². The molecule has 0 unspecified atom stereocenters. The van der Waals surface area contributed by atoms with Crippen molar-refractivity contribution in [3.05, 3.63) is 0 Å². The molecule has 0 aromatic rings. The molecule has 0 radical (unpaired) electrons. The van der Waals surface area contributed by atoms with Crippen molar-refractivity contribution in [3.63, 3.8) is 0 Å². The van der Waals surface area contributed by atoms with Gasteiger partial charge in [-0.25, -0.2) is 0 Å². The van der Waals surface area contributed by atoms with Crippen molar-refractivity contribution in [2.75, 3.05) is 20.2 Å². The van der Waals surface area contributed by atoms with Gasteiger partial charge in [0.2, 0.25) is 0 Å².